The largest absolute Gasteiger partial charge is 0.412 e. The number of ether oxygens (including phenoxy) is 1. The predicted octanol–water partition coefficient (Wildman–Crippen LogP) is 1.92. The molecule has 0 aromatic heterocycles. The number of aliphatic hydroxyl groups excluding tert-OH is 1. The Morgan fingerprint density at radius 2 is 1.60 bits per heavy atom. The number of nitriles is 1. The molecule has 0 heterocycles. The summed E-state index contributed by atoms with van der Waals surface area (Å²) in [6.07, 6.45) is 2.04. The van der Waals surface area contributed by atoms with E-state index in [0.29, 0.717) is 6.61 Å². The van der Waals surface area contributed by atoms with Crippen molar-refractivity contribution in [2.24, 2.45) is 0 Å². The molecule has 0 bridgehead atoms. The summed E-state index contributed by atoms with van der Waals surface area (Å²) in [5, 5.41) is 15.4. The van der Waals surface area contributed by atoms with Crippen molar-refractivity contribution in [2.45, 2.75) is 53.1 Å². The quantitative estimate of drug-likeness (QED) is 0.773. The van der Waals surface area contributed by atoms with Crippen LogP contribution in [0.2, 0.25) is 0 Å². The molecule has 4 nitrogen and oxygen atoms in total. The summed E-state index contributed by atoms with van der Waals surface area (Å²) in [4.78, 5) is 0. The highest BCUT2D eigenvalue weighted by Crippen LogP contribution is 2.02. The zero-order valence-corrected chi connectivity index (χ0v) is 10.9. The van der Waals surface area contributed by atoms with E-state index in [2.05, 4.69) is 6.92 Å². The lowest BCUT2D eigenvalue weighted by atomic mass is 10.2. The molecule has 0 aromatic carbocycles. The van der Waals surface area contributed by atoms with Gasteiger partial charge in [-0.25, -0.2) is 0 Å². The molecule has 0 saturated heterocycles. The SMILES string of the molecule is CC#N.CCCCO.COC(C)(C)C.O. The van der Waals surface area contributed by atoms with E-state index in [-0.39, 0.29) is 11.1 Å². The molecule has 0 unspecified atom stereocenters. The van der Waals surface area contributed by atoms with Crippen molar-refractivity contribution >= 4 is 0 Å². The Morgan fingerprint density at radius 1 is 1.33 bits per heavy atom. The summed E-state index contributed by atoms with van der Waals surface area (Å²) >= 11 is 0. The van der Waals surface area contributed by atoms with Crippen molar-refractivity contribution < 1.29 is 15.3 Å². The molecular weight excluding hydrogens is 194 g/mol. The molecule has 0 aliphatic heterocycles. The molecule has 0 fully saturated rings. The maximum atomic E-state index is 8.07. The van der Waals surface area contributed by atoms with Crippen LogP contribution < -0.4 is 0 Å². The van der Waals surface area contributed by atoms with E-state index in [0.717, 1.165) is 12.8 Å². The van der Waals surface area contributed by atoms with Crippen LogP contribution in [0, 0.1) is 11.3 Å². The van der Waals surface area contributed by atoms with Crippen LogP contribution in [0.1, 0.15) is 47.5 Å². The number of aliphatic hydroxyl groups is 1. The second kappa shape index (κ2) is 19.0. The van der Waals surface area contributed by atoms with Crippen LogP contribution in [0.25, 0.3) is 0 Å². The first-order valence-electron chi connectivity index (χ1n) is 4.86. The Hall–Kier alpha value is -0.630. The van der Waals surface area contributed by atoms with Crippen molar-refractivity contribution in [1.82, 2.24) is 0 Å². The molecule has 0 amide bonds. The van der Waals surface area contributed by atoms with Crippen molar-refractivity contribution in [3.05, 3.63) is 0 Å². The lowest BCUT2D eigenvalue weighted by molar-refractivity contribution is 0.0397. The molecule has 0 aliphatic rings. The molecule has 0 aromatic rings. The summed E-state index contributed by atoms with van der Waals surface area (Å²) < 4.78 is 4.94. The van der Waals surface area contributed by atoms with Gasteiger partial charge in [-0.3, -0.25) is 0 Å². The van der Waals surface area contributed by atoms with Gasteiger partial charge in [0.25, 0.3) is 0 Å². The maximum Gasteiger partial charge on any atom is 0.0594 e. The highest BCUT2D eigenvalue weighted by atomic mass is 16.5. The van der Waals surface area contributed by atoms with Gasteiger partial charge in [-0.05, 0) is 27.2 Å². The molecule has 0 radical (unpaired) electrons. The van der Waals surface area contributed by atoms with Gasteiger partial charge in [0.1, 0.15) is 0 Å². The van der Waals surface area contributed by atoms with Gasteiger partial charge in [0.05, 0.1) is 11.7 Å². The van der Waals surface area contributed by atoms with Gasteiger partial charge in [0, 0.05) is 20.6 Å². The third kappa shape index (κ3) is 90.5. The number of rotatable bonds is 2. The van der Waals surface area contributed by atoms with E-state index in [4.69, 9.17) is 15.1 Å². The number of hydrogen-bond acceptors (Lipinski definition) is 3. The molecule has 4 heteroatoms. The molecule has 0 rings (SSSR count). The minimum absolute atomic E-state index is 0. The summed E-state index contributed by atoms with van der Waals surface area (Å²) in [7, 11) is 1.71. The van der Waals surface area contributed by atoms with Gasteiger partial charge < -0.3 is 15.3 Å². The molecule has 0 atom stereocenters. The number of unbranched alkanes of at least 4 members (excludes halogenated alkanes) is 1. The van der Waals surface area contributed by atoms with E-state index >= 15 is 0 Å². The Morgan fingerprint density at radius 3 is 1.60 bits per heavy atom. The van der Waals surface area contributed by atoms with E-state index < -0.39 is 0 Å². The monoisotopic (exact) mass is 221 g/mol. The molecule has 0 aliphatic carbocycles. The third-order valence-electron chi connectivity index (χ3n) is 1.12. The zero-order valence-electron chi connectivity index (χ0n) is 10.9. The van der Waals surface area contributed by atoms with Gasteiger partial charge in [-0.15, -0.1) is 0 Å². The van der Waals surface area contributed by atoms with Crippen molar-refractivity contribution in [1.29, 1.82) is 5.26 Å². The topological polar surface area (TPSA) is 84.8 Å². The molecule has 94 valence electrons. The van der Waals surface area contributed by atoms with Crippen molar-refractivity contribution in [3.63, 3.8) is 0 Å². The molecule has 0 saturated carbocycles. The van der Waals surface area contributed by atoms with E-state index in [9.17, 15) is 0 Å². The van der Waals surface area contributed by atoms with Gasteiger partial charge in [-0.1, -0.05) is 13.3 Å². The van der Waals surface area contributed by atoms with E-state index in [1.807, 2.05) is 20.8 Å². The Labute approximate surface area is 94.2 Å². The Bertz CT molecular complexity index is 123. The first kappa shape index (κ1) is 23.9. The maximum absolute atomic E-state index is 8.07. The van der Waals surface area contributed by atoms with E-state index in [1.54, 1.807) is 13.2 Å². The number of methoxy groups -OCH3 is 1. The molecule has 15 heavy (non-hydrogen) atoms. The fourth-order valence-electron chi connectivity index (χ4n) is 0.158. The minimum Gasteiger partial charge on any atom is -0.412 e. The van der Waals surface area contributed by atoms with Crippen LogP contribution >= 0.6 is 0 Å². The van der Waals surface area contributed by atoms with Crippen molar-refractivity contribution in [3.8, 4) is 6.07 Å². The van der Waals surface area contributed by atoms with Gasteiger partial charge in [-0.2, -0.15) is 5.26 Å². The smallest absolute Gasteiger partial charge is 0.0594 e. The van der Waals surface area contributed by atoms with Gasteiger partial charge in [0.2, 0.25) is 0 Å². The van der Waals surface area contributed by atoms with Crippen LogP contribution in [0.5, 0.6) is 0 Å². The number of hydrogen-bond donors (Lipinski definition) is 1. The van der Waals surface area contributed by atoms with Crippen LogP contribution in [-0.4, -0.2) is 29.9 Å². The zero-order chi connectivity index (χ0) is 12.0. The molecular formula is C11H27NO3. The lowest BCUT2D eigenvalue weighted by Gasteiger charge is -2.14. The normalized spacial score (nSPS) is 8.13. The standard InChI is InChI=1S/C5H12O.C4H10O.C2H3N.H2O/c1-5(2,3)6-4;1-2-3-4-5;1-2-3;/h1-4H3;5H,2-4H2,1H3;1H3;1H2. The average molecular weight is 221 g/mol. The van der Waals surface area contributed by atoms with Crippen LogP contribution in [0.3, 0.4) is 0 Å². The van der Waals surface area contributed by atoms with Gasteiger partial charge in [0.15, 0.2) is 0 Å². The van der Waals surface area contributed by atoms with Crippen LogP contribution in [0.4, 0.5) is 0 Å². The minimum atomic E-state index is 0. The predicted molar refractivity (Wildman–Crippen MR) is 63.7 cm³/mol. The fraction of sp³-hybridized carbons (Fsp3) is 0.909. The first-order valence-corrected chi connectivity index (χ1v) is 4.86. The second-order valence-electron chi connectivity index (χ2n) is 3.62. The van der Waals surface area contributed by atoms with Crippen LogP contribution in [-0.2, 0) is 4.74 Å². The molecule has 3 N–H and O–H groups in total. The fourth-order valence-corrected chi connectivity index (χ4v) is 0.158. The van der Waals surface area contributed by atoms with Gasteiger partial charge >= 0.3 is 0 Å². The second-order valence-corrected chi connectivity index (χ2v) is 3.62. The summed E-state index contributed by atoms with van der Waals surface area (Å²) in [5.41, 5.74) is 0.0417. The Kier molecular flexibility index (Phi) is 30.3. The Balaban J connectivity index is -0.0000000617. The summed E-state index contributed by atoms with van der Waals surface area (Å²) in [5.74, 6) is 0. The van der Waals surface area contributed by atoms with Crippen molar-refractivity contribution in [2.75, 3.05) is 13.7 Å². The lowest BCUT2D eigenvalue weighted by Crippen LogP contribution is -2.15. The first-order chi connectivity index (χ1) is 6.39. The third-order valence-corrected chi connectivity index (χ3v) is 1.12. The summed E-state index contributed by atoms with van der Waals surface area (Å²) in [6.45, 7) is 9.89. The molecule has 0 spiro atoms. The van der Waals surface area contributed by atoms with Crippen LogP contribution in [0.15, 0.2) is 0 Å². The average Bonchev–Trinajstić information content (AvgIpc) is 2.07. The van der Waals surface area contributed by atoms with E-state index in [1.165, 1.54) is 6.92 Å². The highest BCUT2D eigenvalue weighted by Gasteiger charge is 2.03. The summed E-state index contributed by atoms with van der Waals surface area (Å²) in [6, 6.07) is 1.75. The number of nitrogens with zero attached hydrogens (tertiary/aromatic N) is 1. The highest BCUT2D eigenvalue weighted by molar-refractivity contribution is 4.55.